The molecule has 1 N–H and O–H groups in total. The van der Waals surface area contributed by atoms with Crippen LogP contribution in [-0.4, -0.2) is 65.2 Å². The first-order valence-electron chi connectivity index (χ1n) is 10.9. The second-order valence-corrected chi connectivity index (χ2v) is 8.71. The second kappa shape index (κ2) is 10.5. The molecule has 2 heterocycles. The van der Waals surface area contributed by atoms with Crippen molar-refractivity contribution in [3.8, 4) is 0 Å². The normalized spacial score (nSPS) is 14.0. The molecule has 1 aromatic heterocycles. The molecule has 0 aliphatic carbocycles. The molecule has 1 aliphatic heterocycles. The molecule has 168 valence electrons. The van der Waals surface area contributed by atoms with Crippen LogP contribution in [0.3, 0.4) is 0 Å². The highest BCUT2D eigenvalue weighted by Crippen LogP contribution is 2.19. The minimum Gasteiger partial charge on any atom is -0.368 e. The van der Waals surface area contributed by atoms with Gasteiger partial charge in [0.05, 0.1) is 16.8 Å². The van der Waals surface area contributed by atoms with E-state index in [2.05, 4.69) is 27.3 Å². The van der Waals surface area contributed by atoms with Crippen molar-refractivity contribution in [3.05, 3.63) is 60.4 Å². The number of aromatic nitrogens is 2. The van der Waals surface area contributed by atoms with E-state index in [0.29, 0.717) is 26.1 Å². The largest absolute Gasteiger partial charge is 0.368 e. The zero-order chi connectivity index (χ0) is 22.3. The molecule has 3 aromatic rings. The number of rotatable bonds is 8. The maximum atomic E-state index is 12.6. The Morgan fingerprint density at radius 3 is 2.47 bits per heavy atom. The van der Waals surface area contributed by atoms with Crippen LogP contribution in [-0.2, 0) is 21.9 Å². The summed E-state index contributed by atoms with van der Waals surface area (Å²) in [6.07, 6.45) is 2.34. The highest BCUT2D eigenvalue weighted by Gasteiger charge is 2.21. The third-order valence-electron chi connectivity index (χ3n) is 5.72. The highest BCUT2D eigenvalue weighted by molar-refractivity contribution is 7.97. The molecule has 0 unspecified atom stereocenters. The molecule has 0 radical (unpaired) electrons. The van der Waals surface area contributed by atoms with E-state index >= 15 is 0 Å². The molecular formula is C24H29N5O2S. The number of carbonyl (C=O) groups excluding carboxylic acids is 2. The van der Waals surface area contributed by atoms with Gasteiger partial charge in [-0.2, -0.15) is 11.8 Å². The Morgan fingerprint density at radius 1 is 1.00 bits per heavy atom. The number of anilines is 1. The van der Waals surface area contributed by atoms with Gasteiger partial charge in [0.2, 0.25) is 11.8 Å². The average Bonchev–Trinajstić information content (AvgIpc) is 3.17. The number of imidazole rings is 1. The Labute approximate surface area is 192 Å². The van der Waals surface area contributed by atoms with Crippen molar-refractivity contribution in [1.29, 1.82) is 0 Å². The first-order valence-corrected chi connectivity index (χ1v) is 12.3. The second-order valence-electron chi connectivity index (χ2n) is 7.84. The van der Waals surface area contributed by atoms with Crippen LogP contribution in [0, 0.1) is 0 Å². The van der Waals surface area contributed by atoms with Gasteiger partial charge in [0, 0.05) is 44.8 Å². The van der Waals surface area contributed by atoms with Gasteiger partial charge in [0.15, 0.2) is 0 Å². The number of thioether (sulfide) groups is 1. The fourth-order valence-electron chi connectivity index (χ4n) is 4.06. The van der Waals surface area contributed by atoms with Crippen LogP contribution < -0.4 is 10.2 Å². The number of para-hydroxylation sites is 3. The molecule has 32 heavy (non-hydrogen) atoms. The van der Waals surface area contributed by atoms with Crippen LogP contribution in [0.5, 0.6) is 0 Å². The van der Waals surface area contributed by atoms with Gasteiger partial charge in [-0.1, -0.05) is 30.3 Å². The maximum Gasteiger partial charge on any atom is 0.240 e. The third kappa shape index (κ3) is 5.24. The molecular weight excluding hydrogens is 422 g/mol. The standard InChI is InChI=1S/C24H29N5O2S/c1-32-18-22-26-20-9-5-6-10-21(20)29(22)17-23(30)25-12-11-24(31)28-15-13-27(14-16-28)19-7-3-2-4-8-19/h2-10H,11-18H2,1H3,(H,25,30). The van der Waals surface area contributed by atoms with E-state index in [1.165, 1.54) is 5.69 Å². The van der Waals surface area contributed by atoms with Gasteiger partial charge >= 0.3 is 0 Å². The number of hydrogen-bond acceptors (Lipinski definition) is 5. The zero-order valence-electron chi connectivity index (χ0n) is 18.4. The smallest absolute Gasteiger partial charge is 0.240 e. The molecule has 0 atom stereocenters. The Morgan fingerprint density at radius 2 is 1.72 bits per heavy atom. The molecule has 4 rings (SSSR count). The van der Waals surface area contributed by atoms with E-state index in [-0.39, 0.29) is 18.4 Å². The SMILES string of the molecule is CSCc1nc2ccccc2n1CC(=O)NCCC(=O)N1CCN(c2ccccc2)CC1. The molecule has 1 saturated heterocycles. The summed E-state index contributed by atoms with van der Waals surface area (Å²) < 4.78 is 1.96. The van der Waals surface area contributed by atoms with Crippen molar-refractivity contribution in [2.75, 3.05) is 43.9 Å². The lowest BCUT2D eigenvalue weighted by molar-refractivity contribution is -0.131. The van der Waals surface area contributed by atoms with Crippen LogP contribution in [0.4, 0.5) is 5.69 Å². The van der Waals surface area contributed by atoms with E-state index in [1.807, 2.05) is 58.2 Å². The van der Waals surface area contributed by atoms with Crippen LogP contribution in [0.1, 0.15) is 12.2 Å². The minimum atomic E-state index is -0.0998. The van der Waals surface area contributed by atoms with Crippen molar-refractivity contribution in [2.24, 2.45) is 0 Å². The minimum absolute atomic E-state index is 0.0918. The van der Waals surface area contributed by atoms with Crippen LogP contribution in [0.2, 0.25) is 0 Å². The molecule has 0 saturated carbocycles. The lowest BCUT2D eigenvalue weighted by Crippen LogP contribution is -2.49. The molecule has 8 heteroatoms. The predicted octanol–water partition coefficient (Wildman–Crippen LogP) is 2.75. The number of nitrogens with one attached hydrogen (secondary N) is 1. The summed E-state index contributed by atoms with van der Waals surface area (Å²) in [4.78, 5) is 34.0. The number of piperazine rings is 1. The molecule has 2 aromatic carbocycles. The quantitative estimate of drug-likeness (QED) is 0.570. The average molecular weight is 452 g/mol. The van der Waals surface area contributed by atoms with Crippen molar-refractivity contribution in [1.82, 2.24) is 19.8 Å². The van der Waals surface area contributed by atoms with Gasteiger partial charge in [0.25, 0.3) is 0 Å². The lowest BCUT2D eigenvalue weighted by Gasteiger charge is -2.36. The van der Waals surface area contributed by atoms with Crippen LogP contribution in [0.15, 0.2) is 54.6 Å². The zero-order valence-corrected chi connectivity index (χ0v) is 19.2. The van der Waals surface area contributed by atoms with Crippen molar-refractivity contribution >= 4 is 40.3 Å². The fraction of sp³-hybridized carbons (Fsp3) is 0.375. The van der Waals surface area contributed by atoms with Crippen molar-refractivity contribution in [3.63, 3.8) is 0 Å². The lowest BCUT2D eigenvalue weighted by atomic mass is 10.2. The summed E-state index contributed by atoms with van der Waals surface area (Å²) in [7, 11) is 0. The molecule has 0 bridgehead atoms. The molecule has 1 aliphatic rings. The summed E-state index contributed by atoms with van der Waals surface area (Å²) in [5.74, 6) is 1.63. The van der Waals surface area contributed by atoms with Crippen molar-refractivity contribution < 1.29 is 9.59 Å². The number of hydrogen-bond donors (Lipinski definition) is 1. The van der Waals surface area contributed by atoms with E-state index in [1.54, 1.807) is 11.8 Å². The van der Waals surface area contributed by atoms with Gasteiger partial charge in [-0.25, -0.2) is 4.98 Å². The van der Waals surface area contributed by atoms with Crippen LogP contribution >= 0.6 is 11.8 Å². The molecule has 7 nitrogen and oxygen atoms in total. The summed E-state index contributed by atoms with van der Waals surface area (Å²) in [5, 5.41) is 2.91. The number of amides is 2. The van der Waals surface area contributed by atoms with Crippen LogP contribution in [0.25, 0.3) is 11.0 Å². The monoisotopic (exact) mass is 451 g/mol. The molecule has 2 amide bonds. The van der Waals surface area contributed by atoms with Gasteiger partial charge in [0.1, 0.15) is 12.4 Å². The summed E-state index contributed by atoms with van der Waals surface area (Å²) in [6.45, 7) is 3.63. The Balaban J connectivity index is 1.25. The Hall–Kier alpha value is -3.00. The van der Waals surface area contributed by atoms with Gasteiger partial charge < -0.3 is 19.7 Å². The highest BCUT2D eigenvalue weighted by atomic mass is 32.2. The van der Waals surface area contributed by atoms with Gasteiger partial charge in [-0.3, -0.25) is 9.59 Å². The number of fused-ring (bicyclic) bond motifs is 1. The fourth-order valence-corrected chi connectivity index (χ4v) is 4.54. The summed E-state index contributed by atoms with van der Waals surface area (Å²) in [5.41, 5.74) is 3.05. The number of carbonyl (C=O) groups is 2. The maximum absolute atomic E-state index is 12.6. The first-order chi connectivity index (χ1) is 15.7. The summed E-state index contributed by atoms with van der Waals surface area (Å²) in [6, 6.07) is 18.1. The van der Waals surface area contributed by atoms with Crippen molar-refractivity contribution in [2.45, 2.75) is 18.7 Å². The van der Waals surface area contributed by atoms with E-state index in [4.69, 9.17) is 0 Å². The Kier molecular flexibility index (Phi) is 7.32. The molecule has 1 fully saturated rings. The van der Waals surface area contributed by atoms with E-state index < -0.39 is 0 Å². The van der Waals surface area contributed by atoms with Gasteiger partial charge in [-0.05, 0) is 30.5 Å². The van der Waals surface area contributed by atoms with E-state index in [9.17, 15) is 9.59 Å². The Bertz CT molecular complexity index is 1060. The predicted molar refractivity (Wildman–Crippen MR) is 130 cm³/mol. The summed E-state index contributed by atoms with van der Waals surface area (Å²) >= 11 is 1.68. The first kappa shape index (κ1) is 22.2. The number of nitrogens with zero attached hydrogens (tertiary/aromatic N) is 4. The third-order valence-corrected chi connectivity index (χ3v) is 6.27. The van der Waals surface area contributed by atoms with Gasteiger partial charge in [-0.15, -0.1) is 0 Å². The van der Waals surface area contributed by atoms with E-state index in [0.717, 1.165) is 35.7 Å². The molecule has 0 spiro atoms. The topological polar surface area (TPSA) is 70.5 Å². The number of benzene rings is 2.